The van der Waals surface area contributed by atoms with E-state index in [0.717, 1.165) is 12.1 Å². The van der Waals surface area contributed by atoms with Gasteiger partial charge in [-0.2, -0.15) is 11.8 Å². The van der Waals surface area contributed by atoms with Crippen LogP contribution in [0.1, 0.15) is 30.0 Å². The van der Waals surface area contributed by atoms with Crippen LogP contribution in [0.15, 0.2) is 5.38 Å². The van der Waals surface area contributed by atoms with Crippen molar-refractivity contribution in [3.05, 3.63) is 16.1 Å². The molecule has 0 spiro atoms. The van der Waals surface area contributed by atoms with E-state index >= 15 is 0 Å². The molecule has 0 saturated carbocycles. The zero-order chi connectivity index (χ0) is 10.7. The van der Waals surface area contributed by atoms with Crippen LogP contribution in [-0.4, -0.2) is 22.0 Å². The molecule has 1 fully saturated rings. The molecular formula is C11H18N2S2. The summed E-state index contributed by atoms with van der Waals surface area (Å²) in [6.07, 6.45) is 4.96. The fraction of sp³-hybridized carbons (Fsp3) is 0.727. The molecule has 1 aliphatic heterocycles. The molecule has 2 heterocycles. The summed E-state index contributed by atoms with van der Waals surface area (Å²) >= 11 is 3.79. The van der Waals surface area contributed by atoms with Gasteiger partial charge in [0.25, 0.3) is 0 Å². The van der Waals surface area contributed by atoms with Crippen molar-refractivity contribution in [2.75, 3.05) is 5.75 Å². The van der Waals surface area contributed by atoms with E-state index in [0.29, 0.717) is 11.3 Å². The first-order valence-electron chi connectivity index (χ1n) is 5.54. The third kappa shape index (κ3) is 3.20. The topological polar surface area (TPSA) is 38.9 Å². The Morgan fingerprint density at radius 3 is 3.07 bits per heavy atom. The van der Waals surface area contributed by atoms with E-state index in [4.69, 9.17) is 5.73 Å². The minimum atomic E-state index is 0.292. The molecule has 4 heteroatoms. The Bertz CT molecular complexity index is 305. The summed E-state index contributed by atoms with van der Waals surface area (Å²) in [6.45, 7) is 2.04. The molecule has 1 aromatic rings. The second-order valence-corrected chi connectivity index (χ2v) is 6.45. The number of thiazole rings is 1. The highest BCUT2D eigenvalue weighted by Crippen LogP contribution is 2.28. The quantitative estimate of drug-likeness (QED) is 0.885. The maximum Gasteiger partial charge on any atom is 0.0943 e. The minimum Gasteiger partial charge on any atom is -0.326 e. The Hall–Kier alpha value is -0.0600. The maximum atomic E-state index is 6.24. The lowest BCUT2D eigenvalue weighted by molar-refractivity contribution is 0.558. The summed E-state index contributed by atoms with van der Waals surface area (Å²) in [5, 5.41) is 3.96. The van der Waals surface area contributed by atoms with Crippen LogP contribution >= 0.6 is 23.1 Å². The number of nitrogens with zero attached hydrogens (tertiary/aromatic N) is 1. The molecule has 0 bridgehead atoms. The largest absolute Gasteiger partial charge is 0.326 e. The molecule has 0 aliphatic carbocycles. The van der Waals surface area contributed by atoms with Crippen LogP contribution in [0.2, 0.25) is 0 Å². The first-order chi connectivity index (χ1) is 7.25. The lowest BCUT2D eigenvalue weighted by Crippen LogP contribution is -2.36. The SMILES string of the molecule is Cc1csc(CC(N)C2CCCCS2)n1. The molecule has 1 aromatic heterocycles. The number of thioether (sulfide) groups is 1. The molecule has 2 unspecified atom stereocenters. The van der Waals surface area contributed by atoms with Crippen LogP contribution in [0.25, 0.3) is 0 Å². The van der Waals surface area contributed by atoms with E-state index in [2.05, 4.69) is 10.4 Å². The molecule has 2 N–H and O–H groups in total. The Morgan fingerprint density at radius 2 is 2.47 bits per heavy atom. The standard InChI is InChI=1S/C11H18N2S2/c1-8-7-15-11(13-8)6-9(12)10-4-2-3-5-14-10/h7,9-10H,2-6,12H2,1H3. The summed E-state index contributed by atoms with van der Waals surface area (Å²) < 4.78 is 0. The van der Waals surface area contributed by atoms with Crippen molar-refractivity contribution in [1.82, 2.24) is 4.98 Å². The number of hydrogen-bond acceptors (Lipinski definition) is 4. The molecule has 2 rings (SSSR count). The van der Waals surface area contributed by atoms with Crippen LogP contribution in [0.4, 0.5) is 0 Å². The lowest BCUT2D eigenvalue weighted by atomic mass is 10.1. The molecule has 0 radical (unpaired) electrons. The Morgan fingerprint density at radius 1 is 1.60 bits per heavy atom. The van der Waals surface area contributed by atoms with Crippen LogP contribution < -0.4 is 5.73 Å². The maximum absolute atomic E-state index is 6.24. The van der Waals surface area contributed by atoms with Crippen LogP contribution in [-0.2, 0) is 6.42 Å². The van der Waals surface area contributed by atoms with Gasteiger partial charge in [0, 0.05) is 28.8 Å². The predicted molar refractivity (Wildman–Crippen MR) is 68.6 cm³/mol. The molecule has 0 amide bonds. The molecule has 2 atom stereocenters. The van der Waals surface area contributed by atoms with Gasteiger partial charge in [0.1, 0.15) is 0 Å². The van der Waals surface area contributed by atoms with Gasteiger partial charge in [-0.1, -0.05) is 6.42 Å². The monoisotopic (exact) mass is 242 g/mol. The van der Waals surface area contributed by atoms with Crippen molar-refractivity contribution < 1.29 is 0 Å². The average Bonchev–Trinajstić information content (AvgIpc) is 2.65. The molecule has 0 aromatic carbocycles. The zero-order valence-electron chi connectivity index (χ0n) is 9.11. The lowest BCUT2D eigenvalue weighted by Gasteiger charge is -2.26. The van der Waals surface area contributed by atoms with Gasteiger partial charge < -0.3 is 5.73 Å². The Labute approximate surface area is 99.7 Å². The Kier molecular flexibility index (Phi) is 4.05. The van der Waals surface area contributed by atoms with Crippen molar-refractivity contribution in [1.29, 1.82) is 0 Å². The van der Waals surface area contributed by atoms with Gasteiger partial charge in [0.2, 0.25) is 0 Å². The summed E-state index contributed by atoms with van der Waals surface area (Å²) in [7, 11) is 0. The van der Waals surface area contributed by atoms with E-state index in [1.165, 1.54) is 30.0 Å². The van der Waals surface area contributed by atoms with E-state index in [9.17, 15) is 0 Å². The van der Waals surface area contributed by atoms with Gasteiger partial charge in [-0.15, -0.1) is 11.3 Å². The minimum absolute atomic E-state index is 0.292. The molecule has 84 valence electrons. The van der Waals surface area contributed by atoms with E-state index in [1.807, 2.05) is 18.7 Å². The normalized spacial score (nSPS) is 24.0. The highest BCUT2D eigenvalue weighted by Gasteiger charge is 2.21. The zero-order valence-corrected chi connectivity index (χ0v) is 10.7. The third-order valence-corrected chi connectivity index (χ3v) is 5.30. The number of aromatic nitrogens is 1. The van der Waals surface area contributed by atoms with E-state index in [1.54, 1.807) is 11.3 Å². The van der Waals surface area contributed by atoms with Crippen LogP contribution in [0.3, 0.4) is 0 Å². The third-order valence-electron chi connectivity index (χ3n) is 2.77. The molecule has 1 saturated heterocycles. The van der Waals surface area contributed by atoms with Crippen molar-refractivity contribution in [2.45, 2.75) is 43.9 Å². The van der Waals surface area contributed by atoms with Gasteiger partial charge in [-0.05, 0) is 25.5 Å². The molecular weight excluding hydrogens is 224 g/mol. The number of rotatable bonds is 3. The number of nitrogens with two attached hydrogens (primary N) is 1. The first kappa shape index (κ1) is 11.4. The molecule has 2 nitrogen and oxygen atoms in total. The van der Waals surface area contributed by atoms with Crippen molar-refractivity contribution >= 4 is 23.1 Å². The van der Waals surface area contributed by atoms with Gasteiger partial charge in [0.15, 0.2) is 0 Å². The van der Waals surface area contributed by atoms with Gasteiger partial charge >= 0.3 is 0 Å². The number of aryl methyl sites for hydroxylation is 1. The molecule has 1 aliphatic rings. The summed E-state index contributed by atoms with van der Waals surface area (Å²) in [6, 6.07) is 0.292. The summed E-state index contributed by atoms with van der Waals surface area (Å²) in [4.78, 5) is 4.47. The van der Waals surface area contributed by atoms with Crippen LogP contribution in [0, 0.1) is 6.92 Å². The summed E-state index contributed by atoms with van der Waals surface area (Å²) in [5.74, 6) is 1.29. The Balaban J connectivity index is 1.88. The highest BCUT2D eigenvalue weighted by molar-refractivity contribution is 8.00. The van der Waals surface area contributed by atoms with Gasteiger partial charge in [0.05, 0.1) is 5.01 Å². The van der Waals surface area contributed by atoms with Gasteiger partial charge in [-0.3, -0.25) is 0 Å². The second-order valence-electron chi connectivity index (χ2n) is 4.16. The predicted octanol–water partition coefficient (Wildman–Crippen LogP) is 2.61. The van der Waals surface area contributed by atoms with E-state index in [-0.39, 0.29) is 0 Å². The fourth-order valence-corrected chi connectivity index (χ4v) is 4.13. The summed E-state index contributed by atoms with van der Waals surface area (Å²) in [5.41, 5.74) is 7.36. The number of hydrogen-bond donors (Lipinski definition) is 1. The van der Waals surface area contributed by atoms with Crippen LogP contribution in [0.5, 0.6) is 0 Å². The van der Waals surface area contributed by atoms with Crippen molar-refractivity contribution in [3.8, 4) is 0 Å². The molecule has 15 heavy (non-hydrogen) atoms. The smallest absolute Gasteiger partial charge is 0.0943 e. The van der Waals surface area contributed by atoms with E-state index < -0.39 is 0 Å². The van der Waals surface area contributed by atoms with Crippen molar-refractivity contribution in [2.24, 2.45) is 5.73 Å². The first-order valence-corrected chi connectivity index (χ1v) is 7.47. The van der Waals surface area contributed by atoms with Gasteiger partial charge in [-0.25, -0.2) is 4.98 Å². The highest BCUT2D eigenvalue weighted by atomic mass is 32.2. The second kappa shape index (κ2) is 5.32. The average molecular weight is 242 g/mol. The fourth-order valence-electron chi connectivity index (χ4n) is 1.93. The van der Waals surface area contributed by atoms with Crippen molar-refractivity contribution in [3.63, 3.8) is 0 Å².